The lowest BCUT2D eigenvalue weighted by molar-refractivity contribution is -0.143. The van der Waals surface area contributed by atoms with Gasteiger partial charge in [0.05, 0.1) is 19.6 Å². The summed E-state index contributed by atoms with van der Waals surface area (Å²) in [5, 5.41) is 2.39. The van der Waals surface area contributed by atoms with Crippen molar-refractivity contribution >= 4 is 27.8 Å². The molecule has 2 aromatic heterocycles. The Labute approximate surface area is 205 Å². The number of ether oxygens (including phenoxy) is 2. The number of esters is 1. The van der Waals surface area contributed by atoms with E-state index in [0.29, 0.717) is 6.61 Å². The van der Waals surface area contributed by atoms with Crippen LogP contribution in [0.25, 0.3) is 21.8 Å². The van der Waals surface area contributed by atoms with Gasteiger partial charge in [-0.05, 0) is 50.1 Å². The van der Waals surface area contributed by atoms with E-state index in [1.807, 2.05) is 19.1 Å². The average Bonchev–Trinajstić information content (AvgIpc) is 3.36. The van der Waals surface area contributed by atoms with Crippen LogP contribution in [0, 0.1) is 13.8 Å². The summed E-state index contributed by atoms with van der Waals surface area (Å²) >= 11 is 0. The van der Waals surface area contributed by atoms with Crippen LogP contribution in [0.4, 0.5) is 0 Å². The number of hydrogen-bond acceptors (Lipinski definition) is 3. The van der Waals surface area contributed by atoms with E-state index in [9.17, 15) is 4.79 Å². The maximum atomic E-state index is 11.9. The van der Waals surface area contributed by atoms with Gasteiger partial charge in [0.15, 0.2) is 0 Å². The van der Waals surface area contributed by atoms with Gasteiger partial charge in [0.2, 0.25) is 0 Å². The van der Waals surface area contributed by atoms with Crippen molar-refractivity contribution in [2.45, 2.75) is 33.1 Å². The molecule has 0 amide bonds. The van der Waals surface area contributed by atoms with E-state index >= 15 is 0 Å². The number of carbonyl (C=O) groups is 1. The molecule has 5 rings (SSSR count). The largest absolute Gasteiger partial charge is 0.493 e. The van der Waals surface area contributed by atoms with Gasteiger partial charge in [-0.25, -0.2) is 0 Å². The van der Waals surface area contributed by atoms with Crippen LogP contribution < -0.4 is 4.74 Å². The molecule has 0 unspecified atom stereocenters. The highest BCUT2D eigenvalue weighted by Crippen LogP contribution is 2.45. The number of nitrogens with one attached hydrogen (secondary N) is 2. The summed E-state index contributed by atoms with van der Waals surface area (Å²) in [7, 11) is 0. The molecular weight excluding hydrogens is 436 g/mol. The standard InChI is InChI=1S/C30H30N2O3/c1-4-34-27(33)17-18-35-26-16-10-7-13-23(26)30(28-19(2)31-24-14-8-5-11-21(24)28)29-20(3)32-25-15-9-6-12-22(25)29/h5-16,30-32H,4,17-18H2,1-3H3. The number of aryl methyl sites for hydroxylation is 2. The first-order chi connectivity index (χ1) is 17.1. The van der Waals surface area contributed by atoms with Gasteiger partial charge in [0, 0.05) is 44.7 Å². The molecule has 0 aliphatic heterocycles. The number of para-hydroxylation sites is 3. The van der Waals surface area contributed by atoms with Crippen molar-refractivity contribution in [2.24, 2.45) is 0 Å². The number of H-pyrrole nitrogens is 2. The average molecular weight is 467 g/mol. The van der Waals surface area contributed by atoms with Crippen LogP contribution in [0.2, 0.25) is 0 Å². The quantitative estimate of drug-likeness (QED) is 0.248. The fourth-order valence-electron chi connectivity index (χ4n) is 5.12. The number of benzene rings is 3. The van der Waals surface area contributed by atoms with Crippen molar-refractivity contribution in [3.63, 3.8) is 0 Å². The summed E-state index contributed by atoms with van der Waals surface area (Å²) in [6.45, 7) is 6.72. The Balaban J connectivity index is 1.69. The molecule has 2 heterocycles. The molecule has 0 bridgehead atoms. The highest BCUT2D eigenvalue weighted by Gasteiger charge is 2.29. The zero-order valence-electron chi connectivity index (χ0n) is 20.4. The van der Waals surface area contributed by atoms with Gasteiger partial charge >= 0.3 is 5.97 Å². The van der Waals surface area contributed by atoms with E-state index in [-0.39, 0.29) is 24.9 Å². The number of rotatable bonds is 8. The molecule has 178 valence electrons. The monoisotopic (exact) mass is 466 g/mol. The van der Waals surface area contributed by atoms with Crippen molar-refractivity contribution < 1.29 is 14.3 Å². The number of carbonyl (C=O) groups excluding carboxylic acids is 1. The molecule has 0 saturated carbocycles. The molecule has 0 saturated heterocycles. The van der Waals surface area contributed by atoms with Crippen LogP contribution in [0.3, 0.4) is 0 Å². The Morgan fingerprint density at radius 1 is 0.800 bits per heavy atom. The van der Waals surface area contributed by atoms with E-state index in [4.69, 9.17) is 9.47 Å². The summed E-state index contributed by atoms with van der Waals surface area (Å²) in [5.74, 6) is 0.457. The third kappa shape index (κ3) is 4.30. The molecule has 0 atom stereocenters. The Hall–Kier alpha value is -3.99. The van der Waals surface area contributed by atoms with Crippen LogP contribution >= 0.6 is 0 Å². The highest BCUT2D eigenvalue weighted by atomic mass is 16.5. The Morgan fingerprint density at radius 3 is 1.94 bits per heavy atom. The molecule has 0 fully saturated rings. The predicted molar refractivity (Wildman–Crippen MR) is 140 cm³/mol. The van der Waals surface area contributed by atoms with Crippen molar-refractivity contribution in [3.05, 3.63) is 101 Å². The van der Waals surface area contributed by atoms with E-state index < -0.39 is 0 Å². The normalized spacial score (nSPS) is 11.4. The van der Waals surface area contributed by atoms with Crippen molar-refractivity contribution in [2.75, 3.05) is 13.2 Å². The molecular formula is C30H30N2O3. The predicted octanol–water partition coefficient (Wildman–Crippen LogP) is 6.78. The molecule has 2 N–H and O–H groups in total. The molecule has 5 aromatic rings. The third-order valence-corrected chi connectivity index (χ3v) is 6.56. The van der Waals surface area contributed by atoms with Crippen molar-refractivity contribution in [1.29, 1.82) is 0 Å². The first kappa shape index (κ1) is 22.8. The molecule has 0 aliphatic rings. The fraction of sp³-hybridized carbons (Fsp3) is 0.233. The molecule has 5 nitrogen and oxygen atoms in total. The third-order valence-electron chi connectivity index (χ3n) is 6.56. The SMILES string of the molecule is CCOC(=O)CCOc1ccccc1C(c1c(C)[nH]c2ccccc12)c1c(C)[nH]c2ccccc12. The minimum atomic E-state index is -0.249. The first-order valence-corrected chi connectivity index (χ1v) is 12.1. The van der Waals surface area contributed by atoms with Crippen LogP contribution in [0.1, 0.15) is 47.3 Å². The Kier molecular flexibility index (Phi) is 6.32. The summed E-state index contributed by atoms with van der Waals surface area (Å²) in [4.78, 5) is 19.1. The smallest absolute Gasteiger partial charge is 0.309 e. The zero-order valence-corrected chi connectivity index (χ0v) is 20.4. The van der Waals surface area contributed by atoms with Gasteiger partial charge in [0.1, 0.15) is 5.75 Å². The highest BCUT2D eigenvalue weighted by molar-refractivity contribution is 5.91. The van der Waals surface area contributed by atoms with Gasteiger partial charge in [-0.15, -0.1) is 0 Å². The molecule has 3 aromatic carbocycles. The van der Waals surface area contributed by atoms with Crippen LogP contribution in [-0.2, 0) is 9.53 Å². The Bertz CT molecular complexity index is 1410. The first-order valence-electron chi connectivity index (χ1n) is 12.1. The van der Waals surface area contributed by atoms with Crippen molar-refractivity contribution in [3.8, 4) is 5.75 Å². The van der Waals surface area contributed by atoms with E-state index in [2.05, 4.69) is 84.5 Å². The summed E-state index contributed by atoms with van der Waals surface area (Å²) in [5.41, 5.74) is 8.01. The lowest BCUT2D eigenvalue weighted by Crippen LogP contribution is -2.12. The molecule has 35 heavy (non-hydrogen) atoms. The second-order valence-electron chi connectivity index (χ2n) is 8.79. The van der Waals surface area contributed by atoms with Gasteiger partial charge < -0.3 is 19.4 Å². The molecule has 0 spiro atoms. The second-order valence-corrected chi connectivity index (χ2v) is 8.79. The van der Waals surface area contributed by atoms with Gasteiger partial charge in [0.25, 0.3) is 0 Å². The maximum Gasteiger partial charge on any atom is 0.309 e. The van der Waals surface area contributed by atoms with E-state index in [1.165, 1.54) is 21.9 Å². The number of hydrogen-bond donors (Lipinski definition) is 2. The number of aromatic amines is 2. The topological polar surface area (TPSA) is 67.1 Å². The maximum absolute atomic E-state index is 11.9. The van der Waals surface area contributed by atoms with Crippen LogP contribution in [0.15, 0.2) is 72.8 Å². The van der Waals surface area contributed by atoms with Gasteiger partial charge in [-0.2, -0.15) is 0 Å². The van der Waals surface area contributed by atoms with E-state index in [0.717, 1.165) is 33.7 Å². The minimum absolute atomic E-state index is 0.0684. The second kappa shape index (κ2) is 9.71. The molecule has 5 heteroatoms. The van der Waals surface area contributed by atoms with Crippen LogP contribution in [-0.4, -0.2) is 29.2 Å². The van der Waals surface area contributed by atoms with Gasteiger partial charge in [-0.1, -0.05) is 54.6 Å². The van der Waals surface area contributed by atoms with Crippen LogP contribution in [0.5, 0.6) is 5.75 Å². The number of fused-ring (bicyclic) bond motifs is 2. The van der Waals surface area contributed by atoms with Gasteiger partial charge in [-0.3, -0.25) is 4.79 Å². The number of aromatic nitrogens is 2. The lowest BCUT2D eigenvalue weighted by atomic mass is 9.81. The molecule has 0 radical (unpaired) electrons. The van der Waals surface area contributed by atoms with Crippen molar-refractivity contribution in [1.82, 2.24) is 9.97 Å². The summed E-state index contributed by atoms with van der Waals surface area (Å²) in [6.07, 6.45) is 0.213. The zero-order chi connectivity index (χ0) is 24.4. The molecule has 0 aliphatic carbocycles. The van der Waals surface area contributed by atoms with E-state index in [1.54, 1.807) is 0 Å². The lowest BCUT2D eigenvalue weighted by Gasteiger charge is -2.23. The fourth-order valence-corrected chi connectivity index (χ4v) is 5.12. The summed E-state index contributed by atoms with van der Waals surface area (Å²) < 4.78 is 11.3. The minimum Gasteiger partial charge on any atom is -0.493 e. The Morgan fingerprint density at radius 2 is 1.34 bits per heavy atom. The summed E-state index contributed by atoms with van der Waals surface area (Å²) in [6, 6.07) is 25.0.